The minimum atomic E-state index is -0.0456. The van der Waals surface area contributed by atoms with Gasteiger partial charge in [0.15, 0.2) is 0 Å². The van der Waals surface area contributed by atoms with Crippen LogP contribution in [-0.2, 0) is 0 Å². The number of fused-ring (bicyclic) bond motifs is 1. The number of rotatable bonds is 3. The molecule has 102 valence electrons. The van der Waals surface area contributed by atoms with Crippen molar-refractivity contribution < 1.29 is 9.53 Å². The van der Waals surface area contributed by atoms with Crippen LogP contribution in [0.5, 0.6) is 5.75 Å². The molecule has 0 saturated carbocycles. The summed E-state index contributed by atoms with van der Waals surface area (Å²) in [5.74, 6) is 0.660. The summed E-state index contributed by atoms with van der Waals surface area (Å²) in [6, 6.07) is 5.84. The number of anilines is 1. The molecule has 2 rings (SSSR count). The van der Waals surface area contributed by atoms with Crippen molar-refractivity contribution in [3.63, 3.8) is 0 Å². The van der Waals surface area contributed by atoms with Crippen LogP contribution in [0.2, 0.25) is 0 Å². The lowest BCUT2D eigenvalue weighted by molar-refractivity contribution is 0.0761. The van der Waals surface area contributed by atoms with Gasteiger partial charge in [0.2, 0.25) is 0 Å². The van der Waals surface area contributed by atoms with Gasteiger partial charge in [0.05, 0.1) is 18.2 Å². The van der Waals surface area contributed by atoms with Crippen molar-refractivity contribution in [1.82, 2.24) is 4.90 Å². The lowest BCUT2D eigenvalue weighted by atomic mass is 10.2. The molecule has 19 heavy (non-hydrogen) atoms. The Hall–Kier alpha value is -1.75. The Labute approximate surface area is 116 Å². The number of ether oxygens (including phenoxy) is 1. The van der Waals surface area contributed by atoms with E-state index in [2.05, 4.69) is 0 Å². The Morgan fingerprint density at radius 2 is 2.11 bits per heavy atom. The lowest BCUT2D eigenvalue weighted by Gasteiger charge is -2.20. The smallest absolute Gasteiger partial charge is 0.266 e. The van der Waals surface area contributed by atoms with Gasteiger partial charge in [0, 0.05) is 17.8 Å². The summed E-state index contributed by atoms with van der Waals surface area (Å²) < 4.78 is 6.28. The van der Waals surface area contributed by atoms with Gasteiger partial charge in [-0.1, -0.05) is 6.07 Å². The third kappa shape index (κ3) is 2.26. The predicted molar refractivity (Wildman–Crippen MR) is 80.0 cm³/mol. The van der Waals surface area contributed by atoms with Gasteiger partial charge in [-0.3, -0.25) is 4.79 Å². The van der Waals surface area contributed by atoms with Crippen molar-refractivity contribution in [2.75, 3.05) is 19.9 Å². The van der Waals surface area contributed by atoms with Crippen LogP contribution < -0.4 is 10.5 Å². The van der Waals surface area contributed by atoms with Crippen LogP contribution in [0.1, 0.15) is 23.5 Å². The Morgan fingerprint density at radius 3 is 2.68 bits per heavy atom. The summed E-state index contributed by atoms with van der Waals surface area (Å²) in [6.07, 6.45) is 0. The van der Waals surface area contributed by atoms with Crippen LogP contribution in [0.15, 0.2) is 18.2 Å². The summed E-state index contributed by atoms with van der Waals surface area (Å²) in [6.45, 7) is 3.95. The van der Waals surface area contributed by atoms with E-state index in [1.54, 1.807) is 19.1 Å². The van der Waals surface area contributed by atoms with Gasteiger partial charge in [-0.25, -0.2) is 0 Å². The topological polar surface area (TPSA) is 55.6 Å². The molecule has 1 aromatic carbocycles. The average Bonchev–Trinajstić information content (AvgIpc) is 2.74. The molecular weight excluding hydrogens is 260 g/mol. The molecule has 5 heteroatoms. The Bertz CT molecular complexity index is 619. The standard InChI is InChI=1S/C14H18N2O2S/c1-8(2)16(3)14(17)13-12(15)11-9(18-4)6-5-7-10(11)19-13/h5-8H,15H2,1-4H3. The lowest BCUT2D eigenvalue weighted by Crippen LogP contribution is -2.32. The van der Waals surface area contributed by atoms with Crippen molar-refractivity contribution in [2.45, 2.75) is 19.9 Å². The normalized spacial score (nSPS) is 11.0. The van der Waals surface area contributed by atoms with Crippen molar-refractivity contribution in [2.24, 2.45) is 0 Å². The first-order valence-electron chi connectivity index (χ1n) is 6.09. The Morgan fingerprint density at radius 1 is 1.42 bits per heavy atom. The molecule has 0 bridgehead atoms. The maximum Gasteiger partial charge on any atom is 0.266 e. The van der Waals surface area contributed by atoms with E-state index in [-0.39, 0.29) is 11.9 Å². The molecular formula is C14H18N2O2S. The van der Waals surface area contributed by atoms with Gasteiger partial charge in [-0.15, -0.1) is 11.3 Å². The molecule has 0 aliphatic rings. The van der Waals surface area contributed by atoms with Crippen LogP contribution in [-0.4, -0.2) is 31.0 Å². The molecule has 0 fully saturated rings. The number of thiophene rings is 1. The van der Waals surface area contributed by atoms with Gasteiger partial charge in [-0.2, -0.15) is 0 Å². The van der Waals surface area contributed by atoms with E-state index in [4.69, 9.17) is 10.5 Å². The fourth-order valence-electron chi connectivity index (χ4n) is 1.86. The van der Waals surface area contributed by atoms with Crippen LogP contribution in [0.3, 0.4) is 0 Å². The summed E-state index contributed by atoms with van der Waals surface area (Å²) in [5, 5.41) is 0.829. The number of hydrogen-bond acceptors (Lipinski definition) is 4. The zero-order chi connectivity index (χ0) is 14.2. The highest BCUT2D eigenvalue weighted by Gasteiger charge is 2.22. The minimum Gasteiger partial charge on any atom is -0.496 e. The molecule has 0 spiro atoms. The first-order valence-corrected chi connectivity index (χ1v) is 6.91. The highest BCUT2D eigenvalue weighted by atomic mass is 32.1. The Balaban J connectivity index is 2.57. The SMILES string of the molecule is COc1cccc2sc(C(=O)N(C)C(C)C)c(N)c12. The number of methoxy groups -OCH3 is 1. The highest BCUT2D eigenvalue weighted by Crippen LogP contribution is 2.39. The maximum absolute atomic E-state index is 12.4. The van der Waals surface area contributed by atoms with Gasteiger partial charge >= 0.3 is 0 Å². The number of amides is 1. The van der Waals surface area contributed by atoms with Gasteiger partial charge in [-0.05, 0) is 26.0 Å². The molecule has 0 radical (unpaired) electrons. The van der Waals surface area contributed by atoms with E-state index in [1.807, 2.05) is 32.0 Å². The second kappa shape index (κ2) is 5.09. The molecule has 0 aliphatic heterocycles. The van der Waals surface area contributed by atoms with E-state index in [9.17, 15) is 4.79 Å². The predicted octanol–water partition coefficient (Wildman–Crippen LogP) is 2.97. The van der Waals surface area contributed by atoms with Crippen molar-refractivity contribution >= 4 is 33.0 Å². The van der Waals surface area contributed by atoms with Crippen LogP contribution in [0.4, 0.5) is 5.69 Å². The van der Waals surface area contributed by atoms with E-state index >= 15 is 0 Å². The van der Waals surface area contributed by atoms with Crippen molar-refractivity contribution in [3.05, 3.63) is 23.1 Å². The summed E-state index contributed by atoms with van der Waals surface area (Å²) in [7, 11) is 3.39. The Kier molecular flexibility index (Phi) is 3.66. The quantitative estimate of drug-likeness (QED) is 0.939. The zero-order valence-electron chi connectivity index (χ0n) is 11.6. The number of hydrogen-bond donors (Lipinski definition) is 1. The number of carbonyl (C=O) groups is 1. The second-order valence-corrected chi connectivity index (χ2v) is 5.74. The summed E-state index contributed by atoms with van der Waals surface area (Å²) >= 11 is 1.41. The molecule has 0 saturated heterocycles. The van der Waals surface area contributed by atoms with E-state index in [0.29, 0.717) is 16.3 Å². The molecule has 2 aromatic rings. The monoisotopic (exact) mass is 278 g/mol. The van der Waals surface area contributed by atoms with Crippen LogP contribution in [0, 0.1) is 0 Å². The van der Waals surface area contributed by atoms with Gasteiger partial charge in [0.25, 0.3) is 5.91 Å². The van der Waals surface area contributed by atoms with Crippen LogP contribution in [0.25, 0.3) is 10.1 Å². The molecule has 0 unspecified atom stereocenters. The fraction of sp³-hybridized carbons (Fsp3) is 0.357. The minimum absolute atomic E-state index is 0.0456. The molecule has 1 amide bonds. The van der Waals surface area contributed by atoms with E-state index in [1.165, 1.54) is 11.3 Å². The molecule has 0 aliphatic carbocycles. The zero-order valence-corrected chi connectivity index (χ0v) is 12.4. The summed E-state index contributed by atoms with van der Waals surface area (Å²) in [4.78, 5) is 14.7. The first kappa shape index (κ1) is 13.7. The maximum atomic E-state index is 12.4. The molecule has 2 N–H and O–H groups in total. The third-order valence-corrected chi connectivity index (χ3v) is 4.38. The molecule has 0 atom stereocenters. The van der Waals surface area contributed by atoms with Gasteiger partial charge < -0.3 is 15.4 Å². The number of nitrogens with two attached hydrogens (primary N) is 1. The third-order valence-electron chi connectivity index (χ3n) is 3.22. The molecule has 1 heterocycles. The molecule has 1 aromatic heterocycles. The number of benzene rings is 1. The van der Waals surface area contributed by atoms with E-state index in [0.717, 1.165) is 10.1 Å². The average molecular weight is 278 g/mol. The highest BCUT2D eigenvalue weighted by molar-refractivity contribution is 7.21. The largest absolute Gasteiger partial charge is 0.496 e. The first-order chi connectivity index (χ1) is 8.97. The number of nitrogens with zero attached hydrogens (tertiary/aromatic N) is 1. The molecule has 4 nitrogen and oxygen atoms in total. The van der Waals surface area contributed by atoms with Crippen LogP contribution >= 0.6 is 11.3 Å². The van der Waals surface area contributed by atoms with Crippen molar-refractivity contribution in [3.8, 4) is 5.75 Å². The summed E-state index contributed by atoms with van der Waals surface area (Å²) in [5.41, 5.74) is 6.65. The fourth-order valence-corrected chi connectivity index (χ4v) is 2.99. The number of carbonyl (C=O) groups excluding carboxylic acids is 1. The van der Waals surface area contributed by atoms with Gasteiger partial charge in [0.1, 0.15) is 10.6 Å². The van der Waals surface area contributed by atoms with E-state index < -0.39 is 0 Å². The number of nitrogen functional groups attached to an aromatic ring is 1. The van der Waals surface area contributed by atoms with Crippen molar-refractivity contribution in [1.29, 1.82) is 0 Å². The second-order valence-electron chi connectivity index (χ2n) is 4.69.